The molecule has 30 heavy (non-hydrogen) atoms. The van der Waals surface area contributed by atoms with Crippen LogP contribution in [0.2, 0.25) is 0 Å². The summed E-state index contributed by atoms with van der Waals surface area (Å²) in [6, 6.07) is 0. The lowest BCUT2D eigenvalue weighted by Gasteiger charge is -2.60. The number of hydrogen-bond acceptors (Lipinski definition) is 1. The normalized spacial score (nSPS) is 46.7. The van der Waals surface area contributed by atoms with Crippen LogP contribution in [0.3, 0.4) is 0 Å². The van der Waals surface area contributed by atoms with Crippen molar-refractivity contribution in [3.8, 4) is 0 Å². The van der Waals surface area contributed by atoms with Gasteiger partial charge in [-0.1, -0.05) is 57.4 Å². The Hall–Kier alpha value is -0.560. The van der Waals surface area contributed by atoms with Crippen molar-refractivity contribution in [1.82, 2.24) is 0 Å². The number of aliphatic hydroxyl groups is 1. The summed E-state index contributed by atoms with van der Waals surface area (Å²) in [5.74, 6) is 2.85. The van der Waals surface area contributed by atoms with Gasteiger partial charge in [-0.2, -0.15) is 0 Å². The van der Waals surface area contributed by atoms with E-state index in [9.17, 15) is 5.11 Å². The number of aliphatic hydroxyl groups excluding tert-OH is 1. The number of fused-ring (bicyclic) bond motifs is 4. The minimum absolute atomic E-state index is 0.0767. The number of allylic oxidation sites excluding steroid dienone is 4. The van der Waals surface area contributed by atoms with Gasteiger partial charge in [0.1, 0.15) is 0 Å². The van der Waals surface area contributed by atoms with Gasteiger partial charge in [0.25, 0.3) is 0 Å². The average molecular weight is 413 g/mol. The van der Waals surface area contributed by atoms with Crippen LogP contribution in [0.15, 0.2) is 22.8 Å². The lowest BCUT2D eigenvalue weighted by Crippen LogP contribution is -2.51. The monoisotopic (exact) mass is 412 g/mol. The maximum Gasteiger partial charge on any atom is 0.0569 e. The molecule has 0 radical (unpaired) electrons. The van der Waals surface area contributed by atoms with Gasteiger partial charge in [0.05, 0.1) is 6.10 Å². The van der Waals surface area contributed by atoms with Crippen molar-refractivity contribution in [1.29, 1.82) is 0 Å². The zero-order chi connectivity index (χ0) is 21.9. The van der Waals surface area contributed by atoms with Crippen LogP contribution >= 0.6 is 0 Å². The highest BCUT2D eigenvalue weighted by Crippen LogP contribution is 2.71. The molecule has 8 atom stereocenters. The fraction of sp³-hybridized carbons (Fsp3) is 0.862. The summed E-state index contributed by atoms with van der Waals surface area (Å²) in [7, 11) is 0. The van der Waals surface area contributed by atoms with Gasteiger partial charge in [0, 0.05) is 0 Å². The van der Waals surface area contributed by atoms with Gasteiger partial charge in [-0.25, -0.2) is 0 Å². The maximum absolute atomic E-state index is 10.5. The van der Waals surface area contributed by atoms with E-state index >= 15 is 0 Å². The highest BCUT2D eigenvalue weighted by Gasteiger charge is 2.62. The molecule has 0 spiro atoms. The zero-order valence-corrected chi connectivity index (χ0v) is 21.0. The van der Waals surface area contributed by atoms with Crippen LogP contribution in [-0.2, 0) is 0 Å². The molecule has 4 aliphatic rings. The van der Waals surface area contributed by atoms with Gasteiger partial charge < -0.3 is 5.11 Å². The van der Waals surface area contributed by atoms with Gasteiger partial charge in [-0.3, -0.25) is 0 Å². The fourth-order valence-corrected chi connectivity index (χ4v) is 9.09. The lowest BCUT2D eigenvalue weighted by molar-refractivity contribution is -0.0412. The predicted octanol–water partition coefficient (Wildman–Crippen LogP) is 8.09. The molecular formula is C29H48O. The molecule has 0 bridgehead atoms. The summed E-state index contributed by atoms with van der Waals surface area (Å²) in [6.07, 6.45) is 15.3. The Kier molecular flexibility index (Phi) is 5.87. The van der Waals surface area contributed by atoms with Crippen LogP contribution in [0.1, 0.15) is 113 Å². The summed E-state index contributed by atoms with van der Waals surface area (Å²) in [6.45, 7) is 17.3. The first-order valence-corrected chi connectivity index (χ1v) is 13.1. The van der Waals surface area contributed by atoms with Gasteiger partial charge in [0.15, 0.2) is 0 Å². The van der Waals surface area contributed by atoms with E-state index in [1.54, 1.807) is 0 Å². The Labute approximate surface area is 186 Å². The predicted molar refractivity (Wildman–Crippen MR) is 128 cm³/mol. The van der Waals surface area contributed by atoms with Crippen molar-refractivity contribution in [3.05, 3.63) is 22.8 Å². The highest BCUT2D eigenvalue weighted by molar-refractivity contribution is 5.38. The molecule has 0 aliphatic heterocycles. The Bertz CT molecular complexity index is 727. The minimum atomic E-state index is -0.0767. The van der Waals surface area contributed by atoms with Crippen molar-refractivity contribution < 1.29 is 5.11 Å². The molecule has 1 N–H and O–H groups in total. The van der Waals surface area contributed by atoms with Crippen molar-refractivity contribution in [2.24, 2.45) is 39.9 Å². The molecule has 0 aromatic rings. The van der Waals surface area contributed by atoms with E-state index in [0.717, 1.165) is 18.3 Å². The second-order valence-electron chi connectivity index (χ2n) is 12.7. The first kappa shape index (κ1) is 22.6. The Morgan fingerprint density at radius 1 is 1.03 bits per heavy atom. The molecule has 0 saturated heterocycles. The summed E-state index contributed by atoms with van der Waals surface area (Å²) in [5.41, 5.74) is 6.44. The molecule has 4 rings (SSSR count). The van der Waals surface area contributed by atoms with Gasteiger partial charge in [-0.05, 0) is 118 Å². The molecular weight excluding hydrogens is 364 g/mol. The smallest absolute Gasteiger partial charge is 0.0569 e. The van der Waals surface area contributed by atoms with Crippen molar-refractivity contribution in [3.63, 3.8) is 0 Å². The standard InChI is InChI=1S/C29H48O/c1-19(2)9-8-10-20(3)22-13-17-29(7)25-12-11-23-21(4)26(30)15-16-27(23,5)24(25)14-18-28(22,29)6/h9,20-23,26,30H,8,10-18H2,1-7H3/t20-,21-,22+,23-,26-,27-,28+,29-/m0/s1. The minimum Gasteiger partial charge on any atom is -0.393 e. The summed E-state index contributed by atoms with van der Waals surface area (Å²) >= 11 is 0. The molecule has 2 fully saturated rings. The SMILES string of the molecule is CC(C)=CCC[C@H](C)[C@H]1CC[C@@]2(C)C3=C(CC[C@]12C)[C@@]1(C)CC[C@H](O)[C@@H](C)[C@@H]1CC3. The van der Waals surface area contributed by atoms with E-state index < -0.39 is 0 Å². The summed E-state index contributed by atoms with van der Waals surface area (Å²) in [4.78, 5) is 0. The summed E-state index contributed by atoms with van der Waals surface area (Å²) < 4.78 is 0. The first-order valence-electron chi connectivity index (χ1n) is 13.1. The molecule has 1 nitrogen and oxygen atoms in total. The Balaban J connectivity index is 1.63. The van der Waals surface area contributed by atoms with Crippen LogP contribution in [0.4, 0.5) is 0 Å². The number of hydrogen-bond donors (Lipinski definition) is 1. The van der Waals surface area contributed by atoms with E-state index in [1.807, 2.05) is 11.1 Å². The first-order chi connectivity index (χ1) is 14.0. The zero-order valence-electron chi connectivity index (χ0n) is 21.0. The van der Waals surface area contributed by atoms with Crippen LogP contribution in [-0.4, -0.2) is 11.2 Å². The van der Waals surface area contributed by atoms with E-state index in [1.165, 1.54) is 63.4 Å². The molecule has 4 aliphatic carbocycles. The van der Waals surface area contributed by atoms with Crippen LogP contribution in [0.25, 0.3) is 0 Å². The second kappa shape index (κ2) is 7.79. The molecule has 0 amide bonds. The van der Waals surface area contributed by atoms with E-state index in [0.29, 0.717) is 28.1 Å². The van der Waals surface area contributed by atoms with Gasteiger partial charge in [-0.15, -0.1) is 0 Å². The molecule has 2 saturated carbocycles. The van der Waals surface area contributed by atoms with E-state index in [2.05, 4.69) is 54.5 Å². The molecule has 0 aromatic heterocycles. The van der Waals surface area contributed by atoms with Crippen LogP contribution in [0.5, 0.6) is 0 Å². The largest absolute Gasteiger partial charge is 0.393 e. The molecule has 170 valence electrons. The molecule has 1 heteroatoms. The van der Waals surface area contributed by atoms with Crippen LogP contribution in [0, 0.1) is 39.9 Å². The molecule has 0 aromatic carbocycles. The topological polar surface area (TPSA) is 20.2 Å². The number of rotatable bonds is 4. The molecule has 0 heterocycles. The van der Waals surface area contributed by atoms with Crippen molar-refractivity contribution >= 4 is 0 Å². The maximum atomic E-state index is 10.5. The Morgan fingerprint density at radius 2 is 1.77 bits per heavy atom. The quantitative estimate of drug-likeness (QED) is 0.462. The van der Waals surface area contributed by atoms with Crippen LogP contribution < -0.4 is 0 Å². The Morgan fingerprint density at radius 3 is 2.47 bits per heavy atom. The highest BCUT2D eigenvalue weighted by atomic mass is 16.3. The third-order valence-corrected chi connectivity index (χ3v) is 11.2. The van der Waals surface area contributed by atoms with Crippen molar-refractivity contribution in [2.75, 3.05) is 0 Å². The second-order valence-corrected chi connectivity index (χ2v) is 12.7. The average Bonchev–Trinajstić information content (AvgIpc) is 2.96. The fourth-order valence-electron chi connectivity index (χ4n) is 9.09. The van der Waals surface area contributed by atoms with Gasteiger partial charge >= 0.3 is 0 Å². The third kappa shape index (κ3) is 3.20. The third-order valence-electron chi connectivity index (χ3n) is 11.2. The van der Waals surface area contributed by atoms with Gasteiger partial charge in [0.2, 0.25) is 0 Å². The summed E-state index contributed by atoms with van der Waals surface area (Å²) in [5, 5.41) is 10.5. The lowest BCUT2D eigenvalue weighted by atomic mass is 9.45. The molecule has 0 unspecified atom stereocenters. The van der Waals surface area contributed by atoms with E-state index in [4.69, 9.17) is 0 Å². The van der Waals surface area contributed by atoms with E-state index in [-0.39, 0.29) is 6.10 Å². The van der Waals surface area contributed by atoms with Crippen molar-refractivity contribution in [2.45, 2.75) is 119 Å².